The molecule has 1 aromatic heterocycles. The maximum absolute atomic E-state index is 13.2. The fourth-order valence-corrected chi connectivity index (χ4v) is 4.35. The van der Waals surface area contributed by atoms with Crippen molar-refractivity contribution in [2.75, 3.05) is 6.61 Å². The molecule has 0 bridgehead atoms. The van der Waals surface area contributed by atoms with Gasteiger partial charge in [0.2, 0.25) is 11.9 Å². The number of carbonyl (C=O) groups is 2. The highest BCUT2D eigenvalue weighted by Gasteiger charge is 2.35. The van der Waals surface area contributed by atoms with Crippen molar-refractivity contribution in [3.8, 4) is 0 Å². The van der Waals surface area contributed by atoms with Crippen LogP contribution in [0.25, 0.3) is 10.9 Å². The van der Waals surface area contributed by atoms with Gasteiger partial charge in [0.1, 0.15) is 5.60 Å². The summed E-state index contributed by atoms with van der Waals surface area (Å²) in [5.74, 6) is -1.08. The predicted molar refractivity (Wildman–Crippen MR) is 124 cm³/mol. The molecule has 0 spiro atoms. The maximum Gasteiger partial charge on any atom is 0.424 e. The van der Waals surface area contributed by atoms with Gasteiger partial charge >= 0.3 is 6.09 Å². The Kier molecular flexibility index (Phi) is 6.37. The molecule has 4 rings (SSSR count). The minimum Gasteiger partial charge on any atom is -0.443 e. The zero-order valence-electron chi connectivity index (χ0n) is 19.2. The first-order valence-electron chi connectivity index (χ1n) is 11.3. The highest BCUT2D eigenvalue weighted by molar-refractivity contribution is 6.32. The minimum absolute atomic E-state index is 0.158. The average molecular weight is 476 g/mol. The summed E-state index contributed by atoms with van der Waals surface area (Å²) >= 11 is 6.57. The number of hydrogen-bond acceptors (Lipinski definition) is 6. The second-order valence-corrected chi connectivity index (χ2v) is 10.0. The highest BCUT2D eigenvalue weighted by Crippen LogP contribution is 2.45. The molecule has 1 aromatic carbocycles. The summed E-state index contributed by atoms with van der Waals surface area (Å²) in [5.41, 5.74) is 7.05. The molecule has 2 amide bonds. The van der Waals surface area contributed by atoms with Crippen LogP contribution in [0.2, 0.25) is 5.02 Å². The molecule has 2 aliphatic rings. The van der Waals surface area contributed by atoms with Crippen molar-refractivity contribution in [2.45, 2.75) is 77.0 Å². The van der Waals surface area contributed by atoms with Gasteiger partial charge in [-0.15, -0.1) is 0 Å². The first kappa shape index (κ1) is 23.5. The van der Waals surface area contributed by atoms with Crippen molar-refractivity contribution in [3.05, 3.63) is 28.4 Å². The van der Waals surface area contributed by atoms with Crippen LogP contribution in [0.15, 0.2) is 12.1 Å². The van der Waals surface area contributed by atoms with Gasteiger partial charge in [-0.25, -0.2) is 9.48 Å². The van der Waals surface area contributed by atoms with E-state index in [4.69, 9.17) is 37.3 Å². The van der Waals surface area contributed by atoms with E-state index in [1.807, 2.05) is 10.7 Å². The molecule has 0 radical (unpaired) electrons. The molecule has 1 unspecified atom stereocenters. The number of aromatic nitrogens is 2. The van der Waals surface area contributed by atoms with Gasteiger partial charge in [0.25, 0.3) is 0 Å². The first-order chi connectivity index (χ1) is 15.6. The summed E-state index contributed by atoms with van der Waals surface area (Å²) in [6.45, 7) is 5.71. The molecule has 1 saturated carbocycles. The Labute approximate surface area is 197 Å². The molecule has 178 valence electrons. The third-order valence-corrected chi connectivity index (χ3v) is 6.09. The van der Waals surface area contributed by atoms with Crippen molar-refractivity contribution in [3.63, 3.8) is 0 Å². The summed E-state index contributed by atoms with van der Waals surface area (Å²) < 4.78 is 13.1. The second kappa shape index (κ2) is 8.95. The minimum atomic E-state index is -0.989. The Hall–Kier alpha value is -2.65. The third-order valence-electron chi connectivity index (χ3n) is 5.74. The second-order valence-electron chi connectivity index (χ2n) is 9.62. The summed E-state index contributed by atoms with van der Waals surface area (Å²) in [6, 6.07) is 3.63. The maximum atomic E-state index is 13.2. The molecule has 1 atom stereocenters. The van der Waals surface area contributed by atoms with Crippen LogP contribution in [0.1, 0.15) is 76.3 Å². The number of amides is 2. The van der Waals surface area contributed by atoms with Gasteiger partial charge in [0.05, 0.1) is 17.6 Å². The van der Waals surface area contributed by atoms with Crippen molar-refractivity contribution in [2.24, 2.45) is 5.73 Å². The highest BCUT2D eigenvalue weighted by atomic mass is 35.5. The standard InChI is InChI=1S/C23H30ClN5O4/c1-23(2,3)33-22(31)28(21(25)26)17(30)12-14-15(24)9-10-16-19(14)20(13-7-8-13)27-29(16)18-6-4-5-11-32-18/h9-10,13,18H,4-8,11-12H2,1-3H3,(H3,25,26). The molecule has 9 nitrogen and oxygen atoms in total. The third kappa shape index (κ3) is 4.99. The lowest BCUT2D eigenvalue weighted by molar-refractivity contribution is -0.126. The fraction of sp³-hybridized carbons (Fsp3) is 0.565. The SMILES string of the molecule is CC(C)(C)OC(=O)N(C(=N)N)C(=O)Cc1c(Cl)ccc2c1c(C1CC1)nn2C1CCCCO1. The summed E-state index contributed by atoms with van der Waals surface area (Å²) in [4.78, 5) is 26.3. The van der Waals surface area contributed by atoms with Gasteiger partial charge in [-0.2, -0.15) is 10.00 Å². The van der Waals surface area contributed by atoms with E-state index in [-0.39, 0.29) is 12.6 Å². The Bertz CT molecular complexity index is 1100. The smallest absolute Gasteiger partial charge is 0.424 e. The zero-order chi connectivity index (χ0) is 23.9. The lowest BCUT2D eigenvalue weighted by Gasteiger charge is -2.25. The number of ether oxygens (including phenoxy) is 2. The van der Waals surface area contributed by atoms with E-state index < -0.39 is 23.6 Å². The van der Waals surface area contributed by atoms with Gasteiger partial charge in [-0.05, 0) is 70.6 Å². The van der Waals surface area contributed by atoms with E-state index in [1.165, 1.54) is 0 Å². The molecule has 1 aliphatic heterocycles. The van der Waals surface area contributed by atoms with Crippen molar-refractivity contribution in [1.82, 2.24) is 14.7 Å². The molecule has 2 aromatic rings. The number of nitrogens with zero attached hydrogens (tertiary/aromatic N) is 3. The van der Waals surface area contributed by atoms with E-state index >= 15 is 0 Å². The molecular formula is C23H30ClN5O4. The average Bonchev–Trinajstić information content (AvgIpc) is 3.49. The van der Waals surface area contributed by atoms with Crippen LogP contribution in [0.5, 0.6) is 0 Å². The molecule has 2 heterocycles. The number of halogens is 1. The Morgan fingerprint density at radius 3 is 2.61 bits per heavy atom. The van der Waals surface area contributed by atoms with Crippen molar-refractivity contribution >= 4 is 40.5 Å². The van der Waals surface area contributed by atoms with E-state index in [2.05, 4.69) is 0 Å². The number of benzene rings is 1. The molecule has 33 heavy (non-hydrogen) atoms. The number of fused-ring (bicyclic) bond motifs is 1. The quantitative estimate of drug-likeness (QED) is 0.496. The van der Waals surface area contributed by atoms with Crippen LogP contribution >= 0.6 is 11.6 Å². The normalized spacial score (nSPS) is 18.8. The summed E-state index contributed by atoms with van der Waals surface area (Å²) in [6.07, 6.45) is 3.64. The monoisotopic (exact) mass is 475 g/mol. The van der Waals surface area contributed by atoms with Crippen molar-refractivity contribution in [1.29, 1.82) is 5.41 Å². The molecule has 1 saturated heterocycles. The van der Waals surface area contributed by atoms with Crippen LogP contribution in [-0.4, -0.2) is 44.8 Å². The van der Waals surface area contributed by atoms with Gasteiger partial charge in [0, 0.05) is 22.9 Å². The molecule has 3 N–H and O–H groups in total. The van der Waals surface area contributed by atoms with Crippen LogP contribution in [0, 0.1) is 5.41 Å². The van der Waals surface area contributed by atoms with E-state index in [9.17, 15) is 9.59 Å². The summed E-state index contributed by atoms with van der Waals surface area (Å²) in [7, 11) is 0. The lowest BCUT2D eigenvalue weighted by atomic mass is 10.0. The number of carbonyl (C=O) groups excluding carboxylic acids is 2. The van der Waals surface area contributed by atoms with Crippen LogP contribution < -0.4 is 5.73 Å². The molecule has 2 fully saturated rings. The van der Waals surface area contributed by atoms with Crippen molar-refractivity contribution < 1.29 is 19.1 Å². The van der Waals surface area contributed by atoms with E-state index in [1.54, 1.807) is 26.8 Å². The number of nitrogens with one attached hydrogen (secondary N) is 1. The Morgan fingerprint density at radius 2 is 2.03 bits per heavy atom. The van der Waals surface area contributed by atoms with Gasteiger partial charge < -0.3 is 15.2 Å². The Balaban J connectivity index is 1.73. The predicted octanol–water partition coefficient (Wildman–Crippen LogP) is 4.47. The fourth-order valence-electron chi connectivity index (χ4n) is 4.13. The van der Waals surface area contributed by atoms with Crippen LogP contribution in [0.4, 0.5) is 4.79 Å². The lowest BCUT2D eigenvalue weighted by Crippen LogP contribution is -2.48. The van der Waals surface area contributed by atoms with Crippen LogP contribution in [-0.2, 0) is 20.7 Å². The summed E-state index contributed by atoms with van der Waals surface area (Å²) in [5, 5.41) is 13.9. The number of nitrogens with two attached hydrogens (primary N) is 1. The Morgan fingerprint density at radius 1 is 1.30 bits per heavy atom. The number of guanidine groups is 1. The topological polar surface area (TPSA) is 124 Å². The van der Waals surface area contributed by atoms with Gasteiger partial charge in [-0.3, -0.25) is 10.2 Å². The van der Waals surface area contributed by atoms with Gasteiger partial charge in [0.15, 0.2) is 6.23 Å². The van der Waals surface area contributed by atoms with E-state index in [0.29, 0.717) is 28.0 Å². The first-order valence-corrected chi connectivity index (χ1v) is 11.7. The zero-order valence-corrected chi connectivity index (χ0v) is 19.9. The van der Waals surface area contributed by atoms with E-state index in [0.717, 1.165) is 48.7 Å². The number of hydrogen-bond donors (Lipinski definition) is 2. The number of imide groups is 1. The number of rotatable bonds is 4. The van der Waals surface area contributed by atoms with Crippen LogP contribution in [0.3, 0.4) is 0 Å². The largest absolute Gasteiger partial charge is 0.443 e. The molecule has 10 heteroatoms. The molecule has 1 aliphatic carbocycles. The van der Waals surface area contributed by atoms with Gasteiger partial charge in [-0.1, -0.05) is 11.6 Å². The molecular weight excluding hydrogens is 446 g/mol.